The van der Waals surface area contributed by atoms with Crippen LogP contribution in [0.2, 0.25) is 0 Å². The fourth-order valence-electron chi connectivity index (χ4n) is 3.90. The van der Waals surface area contributed by atoms with E-state index in [0.717, 1.165) is 48.9 Å². The molecule has 2 aliphatic rings. The van der Waals surface area contributed by atoms with Gasteiger partial charge in [-0.05, 0) is 57.9 Å². The molecule has 1 aliphatic heterocycles. The van der Waals surface area contributed by atoms with Crippen LogP contribution in [0.5, 0.6) is 0 Å². The van der Waals surface area contributed by atoms with E-state index >= 15 is 0 Å². The van der Waals surface area contributed by atoms with Crippen LogP contribution in [0.4, 0.5) is 0 Å². The van der Waals surface area contributed by atoms with Gasteiger partial charge >= 0.3 is 5.97 Å². The number of thiophene rings is 1. The lowest BCUT2D eigenvalue weighted by atomic mass is 9.97. The van der Waals surface area contributed by atoms with Crippen LogP contribution in [0, 0.1) is 0 Å². The number of nitrogens with zero attached hydrogens (tertiary/aromatic N) is 2. The summed E-state index contributed by atoms with van der Waals surface area (Å²) in [5.74, 6) is -0.143. The Kier molecular flexibility index (Phi) is 6.08. The first kappa shape index (κ1) is 19.9. The number of fused-ring (bicyclic) bond motifs is 3. The number of hydrogen-bond acceptors (Lipinski definition) is 7. The third-order valence-corrected chi connectivity index (χ3v) is 7.27. The fourth-order valence-corrected chi connectivity index (χ4v) is 6.00. The van der Waals surface area contributed by atoms with Crippen molar-refractivity contribution in [3.63, 3.8) is 0 Å². The van der Waals surface area contributed by atoms with Gasteiger partial charge < -0.3 is 9.47 Å². The molecule has 1 atom stereocenters. The zero-order chi connectivity index (χ0) is 19.7. The number of rotatable bonds is 6. The summed E-state index contributed by atoms with van der Waals surface area (Å²) in [6.45, 7) is 4.90. The van der Waals surface area contributed by atoms with Crippen LogP contribution in [0.25, 0.3) is 10.2 Å². The highest BCUT2D eigenvalue weighted by Gasteiger charge is 2.25. The first-order valence-electron chi connectivity index (χ1n) is 10.0. The van der Waals surface area contributed by atoms with E-state index in [9.17, 15) is 9.59 Å². The van der Waals surface area contributed by atoms with Gasteiger partial charge in [0.15, 0.2) is 5.16 Å². The molecule has 4 rings (SSSR count). The number of carbonyl (C=O) groups is 1. The fraction of sp³-hybridized carbons (Fsp3) is 0.650. The molecule has 0 spiro atoms. The molecule has 0 bridgehead atoms. The average molecular weight is 423 g/mol. The quantitative estimate of drug-likeness (QED) is 0.403. The van der Waals surface area contributed by atoms with E-state index in [1.54, 1.807) is 15.9 Å². The predicted molar refractivity (Wildman–Crippen MR) is 111 cm³/mol. The smallest absolute Gasteiger partial charge is 0.316 e. The van der Waals surface area contributed by atoms with Gasteiger partial charge in [0, 0.05) is 11.5 Å². The third kappa shape index (κ3) is 4.14. The van der Waals surface area contributed by atoms with Crippen LogP contribution in [-0.2, 0) is 33.7 Å². The molecule has 28 heavy (non-hydrogen) atoms. The van der Waals surface area contributed by atoms with Crippen LogP contribution in [-0.4, -0.2) is 40.1 Å². The second-order valence-corrected chi connectivity index (χ2v) is 9.69. The minimum absolute atomic E-state index is 0.0135. The van der Waals surface area contributed by atoms with Crippen molar-refractivity contribution in [3.8, 4) is 0 Å². The van der Waals surface area contributed by atoms with Gasteiger partial charge in [-0.15, -0.1) is 11.3 Å². The summed E-state index contributed by atoms with van der Waals surface area (Å²) < 4.78 is 12.7. The van der Waals surface area contributed by atoms with Crippen molar-refractivity contribution in [2.45, 2.75) is 76.3 Å². The lowest BCUT2D eigenvalue weighted by Gasteiger charge is -2.16. The first-order chi connectivity index (χ1) is 13.5. The molecular formula is C20H26N2O4S2. The number of ether oxygens (including phenoxy) is 2. The Labute approximate surface area is 172 Å². The van der Waals surface area contributed by atoms with E-state index < -0.39 is 0 Å². The zero-order valence-electron chi connectivity index (χ0n) is 16.4. The molecule has 2 aromatic rings. The molecule has 152 valence electrons. The minimum Gasteiger partial charge on any atom is -0.462 e. The zero-order valence-corrected chi connectivity index (χ0v) is 18.0. The molecule has 0 saturated carbocycles. The highest BCUT2D eigenvalue weighted by Crippen LogP contribution is 2.35. The Bertz CT molecular complexity index is 928. The maximum atomic E-state index is 13.4. The molecule has 1 aliphatic carbocycles. The summed E-state index contributed by atoms with van der Waals surface area (Å²) in [4.78, 5) is 32.4. The standard InChI is InChI=1S/C20H26N2O4S2/c1-12(2)26-16(23)11-27-20-21-18-17(14-7-3-4-8-15(14)28-18)19(24)22(20)10-13-6-5-9-25-13/h12-13H,3-11H2,1-2H3/t13-/m0/s1. The number of carbonyl (C=O) groups excluding carboxylic acids is 1. The van der Waals surface area contributed by atoms with Crippen LogP contribution in [0.1, 0.15) is 50.0 Å². The molecule has 1 fully saturated rings. The summed E-state index contributed by atoms with van der Waals surface area (Å²) in [5.41, 5.74) is 1.21. The van der Waals surface area contributed by atoms with Gasteiger partial charge in [-0.25, -0.2) is 4.98 Å². The lowest BCUT2D eigenvalue weighted by Crippen LogP contribution is -2.29. The van der Waals surface area contributed by atoms with Gasteiger partial charge in [0.25, 0.3) is 5.56 Å². The Morgan fingerprint density at radius 3 is 2.93 bits per heavy atom. The molecule has 1 saturated heterocycles. The van der Waals surface area contributed by atoms with Crippen molar-refractivity contribution in [2.24, 2.45) is 0 Å². The molecule has 0 unspecified atom stereocenters. The molecule has 3 heterocycles. The summed E-state index contributed by atoms with van der Waals surface area (Å²) in [6, 6.07) is 0. The van der Waals surface area contributed by atoms with E-state index in [-0.39, 0.29) is 29.5 Å². The minimum atomic E-state index is -0.288. The van der Waals surface area contributed by atoms with Crippen molar-refractivity contribution in [1.29, 1.82) is 0 Å². The molecule has 2 aromatic heterocycles. The Morgan fingerprint density at radius 1 is 1.36 bits per heavy atom. The highest BCUT2D eigenvalue weighted by atomic mass is 32.2. The molecule has 8 heteroatoms. The van der Waals surface area contributed by atoms with Crippen molar-refractivity contribution in [3.05, 3.63) is 20.8 Å². The maximum absolute atomic E-state index is 13.4. The van der Waals surface area contributed by atoms with Crippen molar-refractivity contribution in [2.75, 3.05) is 12.4 Å². The largest absolute Gasteiger partial charge is 0.462 e. The molecule has 0 radical (unpaired) electrons. The Hall–Kier alpha value is -1.38. The van der Waals surface area contributed by atoms with Crippen LogP contribution in [0.15, 0.2) is 9.95 Å². The SMILES string of the molecule is CC(C)OC(=O)CSc1nc2sc3c(c2c(=O)n1C[C@@H]1CCCO1)CCCC3. The molecule has 0 aromatic carbocycles. The van der Waals surface area contributed by atoms with E-state index in [1.807, 2.05) is 13.8 Å². The van der Waals surface area contributed by atoms with Crippen molar-refractivity contribution < 1.29 is 14.3 Å². The second-order valence-electron chi connectivity index (χ2n) is 7.66. The molecule has 0 amide bonds. The number of hydrogen-bond donors (Lipinski definition) is 0. The van der Waals surface area contributed by atoms with Gasteiger partial charge in [-0.2, -0.15) is 0 Å². The lowest BCUT2D eigenvalue weighted by molar-refractivity contribution is -0.144. The summed E-state index contributed by atoms with van der Waals surface area (Å²) in [7, 11) is 0. The van der Waals surface area contributed by atoms with Gasteiger partial charge in [0.1, 0.15) is 4.83 Å². The monoisotopic (exact) mass is 422 g/mol. The Morgan fingerprint density at radius 2 is 2.18 bits per heavy atom. The average Bonchev–Trinajstić information content (AvgIpc) is 3.29. The van der Waals surface area contributed by atoms with Crippen molar-refractivity contribution in [1.82, 2.24) is 9.55 Å². The number of aromatic nitrogens is 2. The normalized spacial score (nSPS) is 19.3. The van der Waals surface area contributed by atoms with Crippen LogP contribution < -0.4 is 5.56 Å². The predicted octanol–water partition coefficient (Wildman–Crippen LogP) is 3.56. The van der Waals surface area contributed by atoms with Crippen molar-refractivity contribution >= 4 is 39.3 Å². The number of thioether (sulfide) groups is 1. The highest BCUT2D eigenvalue weighted by molar-refractivity contribution is 7.99. The Balaban J connectivity index is 1.70. The molecule has 0 N–H and O–H groups in total. The van der Waals surface area contributed by atoms with E-state index in [0.29, 0.717) is 11.7 Å². The van der Waals surface area contributed by atoms with Crippen LogP contribution >= 0.6 is 23.1 Å². The molecular weight excluding hydrogens is 396 g/mol. The van der Waals surface area contributed by atoms with E-state index in [1.165, 1.54) is 28.6 Å². The molecule has 6 nitrogen and oxygen atoms in total. The summed E-state index contributed by atoms with van der Waals surface area (Å²) in [6.07, 6.45) is 6.14. The number of aryl methyl sites for hydroxylation is 2. The summed E-state index contributed by atoms with van der Waals surface area (Å²) in [5, 5.41) is 1.37. The van der Waals surface area contributed by atoms with Gasteiger partial charge in [-0.1, -0.05) is 11.8 Å². The van der Waals surface area contributed by atoms with Gasteiger partial charge in [-0.3, -0.25) is 14.2 Å². The summed E-state index contributed by atoms with van der Waals surface area (Å²) >= 11 is 2.92. The second kappa shape index (κ2) is 8.55. The van der Waals surface area contributed by atoms with Gasteiger partial charge in [0.05, 0.1) is 29.9 Å². The van der Waals surface area contributed by atoms with Gasteiger partial charge in [0.2, 0.25) is 0 Å². The first-order valence-corrected chi connectivity index (χ1v) is 11.8. The van der Waals surface area contributed by atoms with E-state index in [4.69, 9.17) is 14.5 Å². The van der Waals surface area contributed by atoms with E-state index in [2.05, 4.69) is 0 Å². The third-order valence-electron chi connectivity index (χ3n) is 5.14. The van der Waals surface area contributed by atoms with Crippen LogP contribution in [0.3, 0.4) is 0 Å². The number of esters is 1. The maximum Gasteiger partial charge on any atom is 0.316 e. The topological polar surface area (TPSA) is 70.4 Å².